The summed E-state index contributed by atoms with van der Waals surface area (Å²) in [5, 5.41) is 10.6. The van der Waals surface area contributed by atoms with Gasteiger partial charge in [-0.15, -0.1) is 0 Å². The van der Waals surface area contributed by atoms with Gasteiger partial charge in [-0.1, -0.05) is 23.7 Å². The van der Waals surface area contributed by atoms with Gasteiger partial charge in [0.15, 0.2) is 5.15 Å². The molecule has 0 saturated carbocycles. The highest BCUT2D eigenvalue weighted by Gasteiger charge is 2.18. The second-order valence-corrected chi connectivity index (χ2v) is 4.37. The first-order chi connectivity index (χ1) is 9.95. The van der Waals surface area contributed by atoms with Gasteiger partial charge in [0.25, 0.3) is 5.56 Å². The molecular weight excluding hydrogens is 305 g/mol. The summed E-state index contributed by atoms with van der Waals surface area (Å²) in [6.07, 6.45) is 1.12. The number of nitrogens with zero attached hydrogens (tertiary/aromatic N) is 3. The van der Waals surface area contributed by atoms with Crippen molar-refractivity contribution >= 4 is 17.3 Å². The minimum atomic E-state index is -0.997. The van der Waals surface area contributed by atoms with Crippen LogP contribution in [0.4, 0.5) is 10.1 Å². The second kappa shape index (κ2) is 5.88. The fraction of sp³-hybridized carbons (Fsp3) is 0.167. The van der Waals surface area contributed by atoms with Crippen LogP contribution in [0.25, 0.3) is 0 Å². The Labute approximate surface area is 122 Å². The molecule has 0 aliphatic carbocycles. The van der Waals surface area contributed by atoms with Gasteiger partial charge in [0.05, 0.1) is 24.9 Å². The van der Waals surface area contributed by atoms with E-state index in [-0.39, 0.29) is 23.0 Å². The summed E-state index contributed by atoms with van der Waals surface area (Å²) >= 11 is 5.69. The first-order valence-corrected chi connectivity index (χ1v) is 6.04. The molecule has 1 heterocycles. The van der Waals surface area contributed by atoms with E-state index in [9.17, 15) is 19.3 Å². The van der Waals surface area contributed by atoms with Crippen LogP contribution in [0.2, 0.25) is 5.15 Å². The van der Waals surface area contributed by atoms with Crippen molar-refractivity contribution in [3.05, 3.63) is 61.5 Å². The Morgan fingerprint density at radius 2 is 2.24 bits per heavy atom. The van der Waals surface area contributed by atoms with Crippen LogP contribution in [0.3, 0.4) is 0 Å². The lowest BCUT2D eigenvalue weighted by molar-refractivity contribution is -0.387. The summed E-state index contributed by atoms with van der Waals surface area (Å²) in [7, 11) is 1.25. The van der Waals surface area contributed by atoms with Crippen molar-refractivity contribution in [3.8, 4) is 5.75 Å². The van der Waals surface area contributed by atoms with E-state index in [0.717, 1.165) is 17.0 Å². The van der Waals surface area contributed by atoms with Crippen molar-refractivity contribution in [1.82, 2.24) is 9.55 Å². The Balaban J connectivity index is 2.47. The van der Waals surface area contributed by atoms with Gasteiger partial charge >= 0.3 is 5.69 Å². The second-order valence-electron chi connectivity index (χ2n) is 4.01. The van der Waals surface area contributed by atoms with Crippen molar-refractivity contribution in [2.75, 3.05) is 7.11 Å². The van der Waals surface area contributed by atoms with Gasteiger partial charge in [-0.25, -0.2) is 4.98 Å². The molecule has 0 unspecified atom stereocenters. The molecule has 0 fully saturated rings. The molecule has 0 saturated heterocycles. The average molecular weight is 314 g/mol. The van der Waals surface area contributed by atoms with Crippen LogP contribution in [-0.4, -0.2) is 21.6 Å². The number of hydrogen-bond acceptors (Lipinski definition) is 5. The lowest BCUT2D eigenvalue weighted by Gasteiger charge is -2.09. The molecule has 0 atom stereocenters. The Morgan fingerprint density at radius 1 is 1.52 bits per heavy atom. The SMILES string of the molecule is COc1c(Cl)ncn(Cc2cccc([N+](=O)[O-])c2F)c1=O. The molecule has 0 aliphatic rings. The van der Waals surface area contributed by atoms with E-state index in [1.54, 1.807) is 0 Å². The zero-order valence-corrected chi connectivity index (χ0v) is 11.5. The van der Waals surface area contributed by atoms with E-state index < -0.39 is 22.0 Å². The predicted octanol–water partition coefficient (Wildman–Crippen LogP) is 2.00. The third kappa shape index (κ3) is 2.84. The highest BCUT2D eigenvalue weighted by molar-refractivity contribution is 6.30. The maximum atomic E-state index is 14.0. The van der Waals surface area contributed by atoms with E-state index in [1.807, 2.05) is 0 Å². The van der Waals surface area contributed by atoms with E-state index in [2.05, 4.69) is 4.98 Å². The zero-order valence-electron chi connectivity index (χ0n) is 10.7. The number of nitro benzene ring substituents is 1. The van der Waals surface area contributed by atoms with Gasteiger partial charge in [-0.05, 0) is 0 Å². The van der Waals surface area contributed by atoms with Crippen LogP contribution in [-0.2, 0) is 6.54 Å². The number of hydrogen-bond donors (Lipinski definition) is 0. The third-order valence-corrected chi connectivity index (χ3v) is 3.02. The normalized spacial score (nSPS) is 10.4. The minimum Gasteiger partial charge on any atom is -0.489 e. The number of rotatable bonds is 4. The summed E-state index contributed by atoms with van der Waals surface area (Å²) in [6, 6.07) is 3.72. The molecule has 0 aliphatic heterocycles. The molecule has 1 aromatic heterocycles. The van der Waals surface area contributed by atoms with Crippen molar-refractivity contribution in [3.63, 3.8) is 0 Å². The Bertz CT molecular complexity index is 763. The predicted molar refractivity (Wildman–Crippen MR) is 72.2 cm³/mol. The maximum absolute atomic E-state index is 14.0. The quantitative estimate of drug-likeness (QED) is 0.489. The first kappa shape index (κ1) is 14.9. The average Bonchev–Trinajstić information content (AvgIpc) is 2.44. The van der Waals surface area contributed by atoms with Crippen LogP contribution in [0.5, 0.6) is 5.75 Å². The highest BCUT2D eigenvalue weighted by Crippen LogP contribution is 2.21. The van der Waals surface area contributed by atoms with Gasteiger partial charge in [0, 0.05) is 11.6 Å². The summed E-state index contributed by atoms with van der Waals surface area (Å²) in [4.78, 5) is 25.6. The van der Waals surface area contributed by atoms with Gasteiger partial charge in [0.2, 0.25) is 11.6 Å². The number of methoxy groups -OCH3 is 1. The first-order valence-electron chi connectivity index (χ1n) is 5.66. The molecule has 9 heteroatoms. The molecule has 0 amide bonds. The molecule has 0 spiro atoms. The maximum Gasteiger partial charge on any atom is 0.305 e. The monoisotopic (exact) mass is 313 g/mol. The zero-order chi connectivity index (χ0) is 15.6. The molecule has 1 aromatic carbocycles. The van der Waals surface area contributed by atoms with Crippen molar-refractivity contribution in [2.45, 2.75) is 6.54 Å². The summed E-state index contributed by atoms with van der Waals surface area (Å²) < 4.78 is 19.8. The van der Waals surface area contributed by atoms with Crippen molar-refractivity contribution < 1.29 is 14.1 Å². The number of aromatic nitrogens is 2. The van der Waals surface area contributed by atoms with Gasteiger partial charge in [0.1, 0.15) is 0 Å². The van der Waals surface area contributed by atoms with Gasteiger partial charge < -0.3 is 4.74 Å². The number of benzene rings is 1. The van der Waals surface area contributed by atoms with Crippen molar-refractivity contribution in [2.24, 2.45) is 0 Å². The largest absolute Gasteiger partial charge is 0.489 e. The summed E-state index contributed by atoms with van der Waals surface area (Å²) in [6.45, 7) is -0.229. The van der Waals surface area contributed by atoms with E-state index in [0.29, 0.717) is 0 Å². The van der Waals surface area contributed by atoms with Crippen LogP contribution < -0.4 is 10.3 Å². The van der Waals surface area contributed by atoms with Crippen LogP contribution in [0, 0.1) is 15.9 Å². The minimum absolute atomic E-state index is 0.0162. The standard InChI is InChI=1S/C12H9ClFN3O4/c1-21-10-11(13)15-6-16(12(10)18)5-7-3-2-4-8(9(7)14)17(19)20/h2-4,6H,5H2,1H3. The van der Waals surface area contributed by atoms with Crippen LogP contribution in [0.15, 0.2) is 29.3 Å². The molecule has 0 radical (unpaired) electrons. The van der Waals surface area contributed by atoms with Crippen LogP contribution >= 0.6 is 11.6 Å². The molecule has 0 N–H and O–H groups in total. The molecule has 110 valence electrons. The molecule has 2 rings (SSSR count). The van der Waals surface area contributed by atoms with E-state index in [4.69, 9.17) is 16.3 Å². The molecule has 2 aromatic rings. The van der Waals surface area contributed by atoms with Crippen molar-refractivity contribution in [1.29, 1.82) is 0 Å². The van der Waals surface area contributed by atoms with E-state index in [1.165, 1.54) is 19.2 Å². The lowest BCUT2D eigenvalue weighted by Crippen LogP contribution is -2.23. The van der Waals surface area contributed by atoms with Crippen LogP contribution in [0.1, 0.15) is 5.56 Å². The number of halogens is 2. The number of nitro groups is 1. The molecule has 7 nitrogen and oxygen atoms in total. The lowest BCUT2D eigenvalue weighted by atomic mass is 10.2. The molecular formula is C12H9ClFN3O4. The van der Waals surface area contributed by atoms with Gasteiger partial charge in [-0.2, -0.15) is 4.39 Å². The molecule has 0 bridgehead atoms. The fourth-order valence-electron chi connectivity index (χ4n) is 1.75. The third-order valence-electron chi connectivity index (χ3n) is 2.75. The topological polar surface area (TPSA) is 87.3 Å². The molecule has 21 heavy (non-hydrogen) atoms. The fourth-order valence-corrected chi connectivity index (χ4v) is 1.95. The highest BCUT2D eigenvalue weighted by atomic mass is 35.5. The summed E-state index contributed by atoms with van der Waals surface area (Å²) in [5.41, 5.74) is -1.28. The van der Waals surface area contributed by atoms with Gasteiger partial charge in [-0.3, -0.25) is 19.5 Å². The Kier molecular flexibility index (Phi) is 4.18. The smallest absolute Gasteiger partial charge is 0.305 e. The Hall–Kier alpha value is -2.48. The summed E-state index contributed by atoms with van der Waals surface area (Å²) in [5.74, 6) is -1.17. The van der Waals surface area contributed by atoms with E-state index >= 15 is 0 Å². The Morgan fingerprint density at radius 3 is 2.86 bits per heavy atom. The number of ether oxygens (including phenoxy) is 1.